The molecular formula is C13H9N3O4S. The lowest BCUT2D eigenvalue weighted by atomic mass is 10.2. The van der Waals surface area contributed by atoms with Gasteiger partial charge in [0.2, 0.25) is 0 Å². The molecule has 21 heavy (non-hydrogen) atoms. The van der Waals surface area contributed by atoms with Crippen LogP contribution in [0.15, 0.2) is 47.5 Å². The summed E-state index contributed by atoms with van der Waals surface area (Å²) in [5.74, 6) is -1.58. The van der Waals surface area contributed by atoms with Crippen molar-refractivity contribution in [1.29, 1.82) is 5.26 Å². The molecule has 0 aliphatic heterocycles. The average molecular weight is 303 g/mol. The molecule has 1 heterocycles. The Kier molecular flexibility index (Phi) is 3.86. The van der Waals surface area contributed by atoms with E-state index in [1.807, 2.05) is 6.07 Å². The summed E-state index contributed by atoms with van der Waals surface area (Å²) < 4.78 is 26.5. The van der Waals surface area contributed by atoms with Gasteiger partial charge in [-0.1, -0.05) is 6.07 Å². The Labute approximate surface area is 120 Å². The number of carboxylic acid groups (broad SMARTS) is 1. The van der Waals surface area contributed by atoms with Crippen LogP contribution < -0.4 is 4.72 Å². The number of sulfonamides is 1. The van der Waals surface area contributed by atoms with Crippen LogP contribution in [-0.4, -0.2) is 24.5 Å². The first-order valence-corrected chi connectivity index (χ1v) is 7.13. The molecule has 8 heteroatoms. The number of nitrogens with one attached hydrogen (secondary N) is 1. The predicted octanol–water partition coefficient (Wildman–Crippen LogP) is 1.45. The third-order valence-electron chi connectivity index (χ3n) is 2.54. The Balaban J connectivity index is 2.43. The van der Waals surface area contributed by atoms with Gasteiger partial charge in [-0.15, -0.1) is 0 Å². The molecule has 0 saturated heterocycles. The maximum absolute atomic E-state index is 12.2. The van der Waals surface area contributed by atoms with Crippen LogP contribution in [0, 0.1) is 11.3 Å². The Morgan fingerprint density at radius 3 is 2.71 bits per heavy atom. The molecule has 0 bridgehead atoms. The Hall–Kier alpha value is -2.92. The zero-order valence-corrected chi connectivity index (χ0v) is 11.3. The lowest BCUT2D eigenvalue weighted by molar-refractivity contribution is 0.0697. The number of rotatable bonds is 4. The fourth-order valence-electron chi connectivity index (χ4n) is 1.58. The standard InChI is InChI=1S/C13H9N3O4S/c14-8-9-3-1-4-10(7-9)21(19,20)16-12-11(13(17)18)5-2-6-15-12/h1-7H,(H,15,16)(H,17,18). The molecule has 2 aromatic rings. The van der Waals surface area contributed by atoms with E-state index in [1.165, 1.54) is 42.6 Å². The number of pyridine rings is 1. The van der Waals surface area contributed by atoms with Gasteiger partial charge in [-0.05, 0) is 30.3 Å². The number of hydrogen-bond donors (Lipinski definition) is 2. The number of benzene rings is 1. The van der Waals surface area contributed by atoms with E-state index in [1.54, 1.807) is 0 Å². The fourth-order valence-corrected chi connectivity index (χ4v) is 2.65. The van der Waals surface area contributed by atoms with E-state index in [-0.39, 0.29) is 21.8 Å². The SMILES string of the molecule is N#Cc1cccc(S(=O)(=O)Nc2ncccc2C(=O)O)c1. The minimum atomic E-state index is -4.03. The highest BCUT2D eigenvalue weighted by Crippen LogP contribution is 2.18. The third kappa shape index (κ3) is 3.16. The van der Waals surface area contributed by atoms with Gasteiger partial charge < -0.3 is 5.11 Å². The van der Waals surface area contributed by atoms with E-state index in [0.29, 0.717) is 0 Å². The number of hydrogen-bond acceptors (Lipinski definition) is 5. The average Bonchev–Trinajstić information content (AvgIpc) is 2.47. The van der Waals surface area contributed by atoms with Gasteiger partial charge in [0.05, 0.1) is 16.5 Å². The van der Waals surface area contributed by atoms with Crippen LogP contribution in [0.3, 0.4) is 0 Å². The monoisotopic (exact) mass is 303 g/mol. The van der Waals surface area contributed by atoms with Crippen LogP contribution in [0.1, 0.15) is 15.9 Å². The predicted molar refractivity (Wildman–Crippen MR) is 73.2 cm³/mol. The first-order chi connectivity index (χ1) is 9.94. The number of carboxylic acids is 1. The molecule has 0 aliphatic rings. The largest absolute Gasteiger partial charge is 0.478 e. The van der Waals surface area contributed by atoms with Gasteiger partial charge in [0.1, 0.15) is 5.56 Å². The van der Waals surface area contributed by atoms with E-state index in [2.05, 4.69) is 9.71 Å². The van der Waals surface area contributed by atoms with Gasteiger partial charge in [0, 0.05) is 6.20 Å². The summed E-state index contributed by atoms with van der Waals surface area (Å²) in [4.78, 5) is 14.6. The summed E-state index contributed by atoms with van der Waals surface area (Å²) in [5, 5.41) is 17.8. The first kappa shape index (κ1) is 14.5. The van der Waals surface area contributed by atoms with Gasteiger partial charge in [0.25, 0.3) is 10.0 Å². The number of aromatic nitrogens is 1. The van der Waals surface area contributed by atoms with Gasteiger partial charge in [-0.2, -0.15) is 5.26 Å². The number of nitrogens with zero attached hydrogens (tertiary/aromatic N) is 2. The molecule has 2 rings (SSSR count). The highest BCUT2D eigenvalue weighted by molar-refractivity contribution is 7.92. The minimum Gasteiger partial charge on any atom is -0.478 e. The van der Waals surface area contributed by atoms with Crippen molar-refractivity contribution in [2.24, 2.45) is 0 Å². The molecule has 0 amide bonds. The third-order valence-corrected chi connectivity index (χ3v) is 3.88. The first-order valence-electron chi connectivity index (χ1n) is 5.65. The van der Waals surface area contributed by atoms with Crippen molar-refractivity contribution >= 4 is 21.8 Å². The fraction of sp³-hybridized carbons (Fsp3) is 0. The topological polar surface area (TPSA) is 120 Å². The minimum absolute atomic E-state index is 0.149. The maximum atomic E-state index is 12.2. The Morgan fingerprint density at radius 2 is 2.05 bits per heavy atom. The highest BCUT2D eigenvalue weighted by Gasteiger charge is 2.19. The smallest absolute Gasteiger partial charge is 0.339 e. The molecule has 0 spiro atoms. The number of carbonyl (C=O) groups is 1. The molecule has 1 aromatic carbocycles. The Bertz CT molecular complexity index is 840. The second kappa shape index (κ2) is 5.60. The van der Waals surface area contributed by atoms with Crippen molar-refractivity contribution in [2.45, 2.75) is 4.90 Å². The molecular weight excluding hydrogens is 294 g/mol. The van der Waals surface area contributed by atoms with E-state index < -0.39 is 16.0 Å². The van der Waals surface area contributed by atoms with E-state index in [0.717, 1.165) is 0 Å². The van der Waals surface area contributed by atoms with Crippen molar-refractivity contribution in [2.75, 3.05) is 4.72 Å². The van der Waals surface area contributed by atoms with E-state index >= 15 is 0 Å². The van der Waals surface area contributed by atoms with Gasteiger partial charge in [-0.3, -0.25) is 4.72 Å². The van der Waals surface area contributed by atoms with Crippen LogP contribution in [0.4, 0.5) is 5.82 Å². The molecule has 2 N–H and O–H groups in total. The summed E-state index contributed by atoms with van der Waals surface area (Å²) in [7, 11) is -4.03. The number of aromatic carboxylic acids is 1. The van der Waals surface area contributed by atoms with Crippen LogP contribution in [-0.2, 0) is 10.0 Å². The van der Waals surface area contributed by atoms with Crippen molar-refractivity contribution < 1.29 is 18.3 Å². The van der Waals surface area contributed by atoms with Gasteiger partial charge in [-0.25, -0.2) is 18.2 Å². The summed E-state index contributed by atoms with van der Waals surface area (Å²) in [5.41, 5.74) is -0.0881. The van der Waals surface area contributed by atoms with Crippen LogP contribution in [0.5, 0.6) is 0 Å². The van der Waals surface area contributed by atoms with E-state index in [9.17, 15) is 13.2 Å². The summed E-state index contributed by atoms with van der Waals surface area (Å²) in [6, 6.07) is 9.82. The van der Waals surface area contributed by atoms with Crippen LogP contribution in [0.2, 0.25) is 0 Å². The maximum Gasteiger partial charge on any atom is 0.339 e. The molecule has 0 unspecified atom stereocenters. The molecule has 106 valence electrons. The highest BCUT2D eigenvalue weighted by atomic mass is 32.2. The van der Waals surface area contributed by atoms with Gasteiger partial charge >= 0.3 is 5.97 Å². The second-order valence-electron chi connectivity index (χ2n) is 3.95. The number of nitriles is 1. The lowest BCUT2D eigenvalue weighted by Gasteiger charge is -2.09. The quantitative estimate of drug-likeness (QED) is 0.882. The zero-order chi connectivity index (χ0) is 15.5. The summed E-state index contributed by atoms with van der Waals surface area (Å²) >= 11 is 0. The molecule has 0 atom stereocenters. The van der Waals surface area contributed by atoms with Crippen molar-refractivity contribution in [3.63, 3.8) is 0 Å². The van der Waals surface area contributed by atoms with Crippen LogP contribution in [0.25, 0.3) is 0 Å². The summed E-state index contributed by atoms with van der Waals surface area (Å²) in [6.07, 6.45) is 1.27. The lowest BCUT2D eigenvalue weighted by Crippen LogP contribution is -2.16. The van der Waals surface area contributed by atoms with Crippen molar-refractivity contribution in [3.8, 4) is 6.07 Å². The van der Waals surface area contributed by atoms with Crippen molar-refractivity contribution in [1.82, 2.24) is 4.98 Å². The van der Waals surface area contributed by atoms with E-state index in [4.69, 9.17) is 10.4 Å². The molecule has 0 fully saturated rings. The molecule has 0 radical (unpaired) electrons. The molecule has 0 aliphatic carbocycles. The zero-order valence-electron chi connectivity index (χ0n) is 10.5. The number of anilines is 1. The Morgan fingerprint density at radius 1 is 1.29 bits per heavy atom. The second-order valence-corrected chi connectivity index (χ2v) is 5.63. The summed E-state index contributed by atoms with van der Waals surface area (Å²) in [6.45, 7) is 0. The normalized spacial score (nSPS) is 10.6. The molecule has 0 saturated carbocycles. The molecule has 7 nitrogen and oxygen atoms in total. The van der Waals surface area contributed by atoms with Gasteiger partial charge in [0.15, 0.2) is 5.82 Å². The van der Waals surface area contributed by atoms with Crippen molar-refractivity contribution in [3.05, 3.63) is 53.7 Å². The molecule has 1 aromatic heterocycles. The van der Waals surface area contributed by atoms with Crippen LogP contribution >= 0.6 is 0 Å².